The Bertz CT molecular complexity index is 439. The van der Waals surface area contributed by atoms with Gasteiger partial charge in [-0.05, 0) is 68.8 Å². The van der Waals surface area contributed by atoms with Crippen molar-refractivity contribution in [3.8, 4) is 5.75 Å². The van der Waals surface area contributed by atoms with Crippen LogP contribution in [0, 0.1) is 18.7 Å². The number of halogens is 1. The molecule has 2 rings (SSSR count). The van der Waals surface area contributed by atoms with E-state index in [1.165, 1.54) is 18.4 Å². The topological polar surface area (TPSA) is 21.3 Å². The van der Waals surface area contributed by atoms with E-state index in [4.69, 9.17) is 4.74 Å². The molecule has 1 saturated heterocycles. The molecule has 1 aliphatic heterocycles. The van der Waals surface area contributed by atoms with Crippen LogP contribution >= 0.6 is 0 Å². The highest BCUT2D eigenvalue weighted by Crippen LogP contribution is 2.31. The summed E-state index contributed by atoms with van der Waals surface area (Å²) in [5.74, 6) is 1.21. The zero-order valence-corrected chi connectivity index (χ0v) is 12.2. The third-order valence-corrected chi connectivity index (χ3v) is 4.13. The van der Waals surface area contributed by atoms with Gasteiger partial charge in [0.05, 0.1) is 7.11 Å². The zero-order chi connectivity index (χ0) is 13.8. The van der Waals surface area contributed by atoms with Crippen molar-refractivity contribution in [3.63, 3.8) is 0 Å². The Balaban J connectivity index is 2.30. The normalized spacial score (nSPS) is 19.5. The van der Waals surface area contributed by atoms with Crippen LogP contribution in [0.25, 0.3) is 0 Å². The second-order valence-electron chi connectivity index (χ2n) is 5.42. The maximum absolute atomic E-state index is 14.0. The Morgan fingerprint density at radius 1 is 1.47 bits per heavy atom. The van der Waals surface area contributed by atoms with Crippen molar-refractivity contribution < 1.29 is 9.13 Å². The van der Waals surface area contributed by atoms with Crippen LogP contribution in [0.1, 0.15) is 36.5 Å². The molecule has 0 aliphatic carbocycles. The molecule has 1 N–H and O–H groups in total. The van der Waals surface area contributed by atoms with Gasteiger partial charge in [0.1, 0.15) is 11.6 Å². The highest BCUT2D eigenvalue weighted by Gasteiger charge is 2.19. The summed E-state index contributed by atoms with van der Waals surface area (Å²) in [6.45, 7) is 6.06. The minimum atomic E-state index is -0.146. The van der Waals surface area contributed by atoms with E-state index in [9.17, 15) is 4.39 Å². The quantitative estimate of drug-likeness (QED) is 0.902. The van der Waals surface area contributed by atoms with E-state index in [1.54, 1.807) is 20.1 Å². The molecule has 0 aromatic heterocycles. The van der Waals surface area contributed by atoms with Gasteiger partial charge in [0.25, 0.3) is 0 Å². The van der Waals surface area contributed by atoms with Crippen LogP contribution in [0.4, 0.5) is 4.39 Å². The van der Waals surface area contributed by atoms with E-state index in [1.807, 2.05) is 0 Å². The lowest BCUT2D eigenvalue weighted by atomic mass is 9.88. The van der Waals surface area contributed by atoms with Gasteiger partial charge < -0.3 is 10.1 Å². The molecule has 106 valence electrons. The number of ether oxygens (including phenoxy) is 1. The predicted octanol–water partition coefficient (Wildman–Crippen LogP) is 3.25. The summed E-state index contributed by atoms with van der Waals surface area (Å²) >= 11 is 0. The summed E-state index contributed by atoms with van der Waals surface area (Å²) in [6, 6.07) is 1.71. The van der Waals surface area contributed by atoms with Crippen LogP contribution in [0.3, 0.4) is 0 Å². The molecule has 1 atom stereocenters. The van der Waals surface area contributed by atoms with Crippen molar-refractivity contribution in [2.45, 2.75) is 39.5 Å². The summed E-state index contributed by atoms with van der Waals surface area (Å²) in [6.07, 6.45) is 4.29. The zero-order valence-electron chi connectivity index (χ0n) is 12.2. The molecule has 1 unspecified atom stereocenters. The lowest BCUT2D eigenvalue weighted by Gasteiger charge is -2.24. The Labute approximate surface area is 115 Å². The van der Waals surface area contributed by atoms with Gasteiger partial charge in [0.15, 0.2) is 0 Å². The molecule has 0 radical (unpaired) electrons. The number of hydrogen-bond donors (Lipinski definition) is 1. The Morgan fingerprint density at radius 3 is 2.84 bits per heavy atom. The average Bonchev–Trinajstić information content (AvgIpc) is 2.43. The minimum absolute atomic E-state index is 0.146. The first-order valence-electron chi connectivity index (χ1n) is 7.22. The first kappa shape index (κ1) is 14.3. The van der Waals surface area contributed by atoms with Crippen LogP contribution in [0.2, 0.25) is 0 Å². The SMILES string of the molecule is CCc1c(CC2CCCNC2)cc(F)c(C)c1OC. The molecular formula is C16H24FNO. The molecule has 0 bridgehead atoms. The molecular weight excluding hydrogens is 241 g/mol. The van der Waals surface area contributed by atoms with Crippen molar-refractivity contribution in [3.05, 3.63) is 28.6 Å². The molecule has 1 heterocycles. The van der Waals surface area contributed by atoms with Crippen LogP contribution in [0.15, 0.2) is 6.07 Å². The van der Waals surface area contributed by atoms with Crippen molar-refractivity contribution in [2.24, 2.45) is 5.92 Å². The first-order valence-corrected chi connectivity index (χ1v) is 7.22. The number of benzene rings is 1. The molecule has 2 nitrogen and oxygen atoms in total. The number of nitrogens with one attached hydrogen (secondary N) is 1. The van der Waals surface area contributed by atoms with E-state index in [0.29, 0.717) is 11.5 Å². The summed E-state index contributed by atoms with van der Waals surface area (Å²) in [5, 5.41) is 3.42. The first-order chi connectivity index (χ1) is 9.17. The Kier molecular flexibility index (Phi) is 4.81. The van der Waals surface area contributed by atoms with Gasteiger partial charge in [-0.1, -0.05) is 6.92 Å². The van der Waals surface area contributed by atoms with Gasteiger partial charge >= 0.3 is 0 Å². The van der Waals surface area contributed by atoms with Crippen LogP contribution < -0.4 is 10.1 Å². The van der Waals surface area contributed by atoms with Gasteiger partial charge in [-0.15, -0.1) is 0 Å². The number of methoxy groups -OCH3 is 1. The fourth-order valence-electron chi connectivity index (χ4n) is 3.08. The number of rotatable bonds is 4. The molecule has 3 heteroatoms. The fraction of sp³-hybridized carbons (Fsp3) is 0.625. The van der Waals surface area contributed by atoms with Crippen molar-refractivity contribution >= 4 is 0 Å². The maximum Gasteiger partial charge on any atom is 0.130 e. The van der Waals surface area contributed by atoms with Gasteiger partial charge in [-0.2, -0.15) is 0 Å². The Hall–Kier alpha value is -1.09. The third-order valence-electron chi connectivity index (χ3n) is 4.13. The maximum atomic E-state index is 14.0. The van der Waals surface area contributed by atoms with Crippen LogP contribution in [0.5, 0.6) is 5.75 Å². The highest BCUT2D eigenvalue weighted by molar-refractivity contribution is 5.47. The van der Waals surface area contributed by atoms with Crippen molar-refractivity contribution in [1.29, 1.82) is 0 Å². The van der Waals surface area contributed by atoms with E-state index >= 15 is 0 Å². The fourth-order valence-corrected chi connectivity index (χ4v) is 3.08. The molecule has 1 aromatic rings. The summed E-state index contributed by atoms with van der Waals surface area (Å²) in [4.78, 5) is 0. The van der Waals surface area contributed by atoms with Crippen molar-refractivity contribution in [1.82, 2.24) is 5.32 Å². The summed E-state index contributed by atoms with van der Waals surface area (Å²) < 4.78 is 19.4. The molecule has 0 saturated carbocycles. The van der Waals surface area contributed by atoms with Gasteiger partial charge in [0, 0.05) is 5.56 Å². The molecule has 0 amide bonds. The molecule has 0 spiro atoms. The van der Waals surface area contributed by atoms with Crippen molar-refractivity contribution in [2.75, 3.05) is 20.2 Å². The van der Waals surface area contributed by atoms with E-state index in [2.05, 4.69) is 12.2 Å². The molecule has 1 aliphatic rings. The lowest BCUT2D eigenvalue weighted by Crippen LogP contribution is -2.31. The number of piperidine rings is 1. The van der Waals surface area contributed by atoms with Gasteiger partial charge in [-0.3, -0.25) is 0 Å². The van der Waals surface area contributed by atoms with Gasteiger partial charge in [0.2, 0.25) is 0 Å². The summed E-state index contributed by atoms with van der Waals surface area (Å²) in [7, 11) is 1.63. The second kappa shape index (κ2) is 6.38. The third kappa shape index (κ3) is 3.08. The molecule has 19 heavy (non-hydrogen) atoms. The monoisotopic (exact) mass is 265 g/mol. The lowest BCUT2D eigenvalue weighted by molar-refractivity contribution is 0.371. The van der Waals surface area contributed by atoms with E-state index in [0.717, 1.165) is 37.2 Å². The standard InChI is InChI=1S/C16H24FNO/c1-4-14-13(8-12-6-5-7-18-10-12)9-15(17)11(2)16(14)19-3/h9,12,18H,4-8,10H2,1-3H3. The molecule has 1 aromatic carbocycles. The predicted molar refractivity (Wildman–Crippen MR) is 76.4 cm³/mol. The van der Waals surface area contributed by atoms with E-state index < -0.39 is 0 Å². The largest absolute Gasteiger partial charge is 0.496 e. The second-order valence-corrected chi connectivity index (χ2v) is 5.42. The smallest absolute Gasteiger partial charge is 0.130 e. The van der Waals surface area contributed by atoms with E-state index in [-0.39, 0.29) is 5.82 Å². The van der Waals surface area contributed by atoms with Crippen LogP contribution in [-0.2, 0) is 12.8 Å². The van der Waals surface area contributed by atoms with Crippen LogP contribution in [-0.4, -0.2) is 20.2 Å². The Morgan fingerprint density at radius 2 is 2.26 bits per heavy atom. The summed E-state index contributed by atoms with van der Waals surface area (Å²) in [5.41, 5.74) is 2.92. The van der Waals surface area contributed by atoms with Gasteiger partial charge in [-0.25, -0.2) is 4.39 Å². The highest BCUT2D eigenvalue weighted by atomic mass is 19.1. The number of hydrogen-bond acceptors (Lipinski definition) is 2. The average molecular weight is 265 g/mol. The molecule has 1 fully saturated rings. The minimum Gasteiger partial charge on any atom is -0.496 e.